The average Bonchev–Trinajstić information content (AvgIpc) is 3.28. The SMILES string of the molecule is CCOC(=O)C1(C(=O)OCC)Cc2c(C#C[Si](C)(C)C)c(CO)c(Cc3ccccc3)c(C#C[Si](C)(C)C)c2C1. The maximum absolute atomic E-state index is 13.5. The number of aliphatic hydroxyl groups is 1. The van der Waals surface area contributed by atoms with Gasteiger partial charge in [-0.3, -0.25) is 9.59 Å². The third kappa shape index (κ3) is 7.15. The van der Waals surface area contributed by atoms with Crippen LogP contribution in [-0.2, 0) is 44.9 Å². The minimum absolute atomic E-state index is 0.107. The first-order valence-electron chi connectivity index (χ1n) is 14.0. The zero-order valence-electron chi connectivity index (χ0n) is 25.2. The smallest absolute Gasteiger partial charge is 0.324 e. The summed E-state index contributed by atoms with van der Waals surface area (Å²) in [6, 6.07) is 10.1. The van der Waals surface area contributed by atoms with E-state index in [1.165, 1.54) is 0 Å². The number of fused-ring (bicyclic) bond motifs is 1. The van der Waals surface area contributed by atoms with Gasteiger partial charge in [0.05, 0.1) is 19.8 Å². The standard InChI is InChI=1S/C33H42O5Si2/c1-9-37-31(35)33(32(36)38-10-2)21-28-25(16-18-39(3,4)5)27(20-24-14-12-11-13-15-24)30(23-34)26(29(28)22-33)17-19-40(6,7)8/h11-15,34H,9-10,20-23H2,1-8H3. The number of rotatable bonds is 7. The van der Waals surface area contributed by atoms with Crippen molar-refractivity contribution < 1.29 is 24.2 Å². The van der Waals surface area contributed by atoms with Crippen LogP contribution in [0.1, 0.15) is 52.8 Å². The first-order valence-corrected chi connectivity index (χ1v) is 21.0. The highest BCUT2D eigenvalue weighted by Crippen LogP contribution is 2.45. The van der Waals surface area contributed by atoms with Crippen LogP contribution in [0.15, 0.2) is 30.3 Å². The van der Waals surface area contributed by atoms with E-state index in [1.54, 1.807) is 13.8 Å². The van der Waals surface area contributed by atoms with Gasteiger partial charge in [-0.2, -0.15) is 0 Å². The number of benzene rings is 2. The molecule has 40 heavy (non-hydrogen) atoms. The highest BCUT2D eigenvalue weighted by atomic mass is 28.3. The molecule has 0 amide bonds. The Kier molecular flexibility index (Phi) is 9.90. The number of carbonyl (C=O) groups excluding carboxylic acids is 2. The molecule has 0 saturated heterocycles. The molecular formula is C33H42O5Si2. The molecule has 2 aromatic rings. The van der Waals surface area contributed by atoms with Gasteiger partial charge in [-0.1, -0.05) is 81.5 Å². The number of aliphatic hydroxyl groups excluding tert-OH is 1. The lowest BCUT2D eigenvalue weighted by molar-refractivity contribution is -0.171. The minimum Gasteiger partial charge on any atom is -0.465 e. The number of hydrogen-bond donors (Lipinski definition) is 1. The topological polar surface area (TPSA) is 72.8 Å². The van der Waals surface area contributed by atoms with Gasteiger partial charge in [0.2, 0.25) is 0 Å². The summed E-state index contributed by atoms with van der Waals surface area (Å²) >= 11 is 0. The third-order valence-corrected chi connectivity index (χ3v) is 8.48. The van der Waals surface area contributed by atoms with E-state index in [4.69, 9.17) is 9.47 Å². The molecule has 5 nitrogen and oxygen atoms in total. The molecule has 1 N–H and O–H groups in total. The third-order valence-electron chi connectivity index (χ3n) is 6.73. The molecule has 212 valence electrons. The summed E-state index contributed by atoms with van der Waals surface area (Å²) in [6.07, 6.45) is 0.786. The van der Waals surface area contributed by atoms with E-state index >= 15 is 0 Å². The number of carbonyl (C=O) groups is 2. The Morgan fingerprint density at radius 2 is 1.25 bits per heavy atom. The van der Waals surface area contributed by atoms with Crippen molar-refractivity contribution in [2.24, 2.45) is 5.41 Å². The summed E-state index contributed by atoms with van der Waals surface area (Å²) in [5, 5.41) is 10.8. The molecule has 0 radical (unpaired) electrons. The van der Waals surface area contributed by atoms with Crippen LogP contribution >= 0.6 is 0 Å². The van der Waals surface area contributed by atoms with Gasteiger partial charge >= 0.3 is 11.9 Å². The molecule has 1 aliphatic carbocycles. The normalized spacial score (nSPS) is 13.8. The molecule has 0 aromatic heterocycles. The Bertz CT molecular complexity index is 1370. The van der Waals surface area contributed by atoms with Gasteiger partial charge in [0.1, 0.15) is 16.1 Å². The molecule has 0 bridgehead atoms. The molecule has 0 heterocycles. The second-order valence-electron chi connectivity index (χ2n) is 12.4. The molecule has 1 aliphatic rings. The van der Waals surface area contributed by atoms with Crippen molar-refractivity contribution in [2.45, 2.75) is 79.0 Å². The van der Waals surface area contributed by atoms with Crippen molar-refractivity contribution in [2.75, 3.05) is 13.2 Å². The van der Waals surface area contributed by atoms with E-state index in [1.807, 2.05) is 18.2 Å². The summed E-state index contributed by atoms with van der Waals surface area (Å²) < 4.78 is 10.9. The Hall–Kier alpha value is -3.11. The molecule has 0 fully saturated rings. The van der Waals surface area contributed by atoms with Crippen molar-refractivity contribution >= 4 is 28.1 Å². The molecule has 0 aliphatic heterocycles. The Morgan fingerprint density at radius 3 is 1.65 bits per heavy atom. The van der Waals surface area contributed by atoms with Crippen LogP contribution < -0.4 is 0 Å². The zero-order chi connectivity index (χ0) is 29.7. The van der Waals surface area contributed by atoms with Crippen molar-refractivity contribution in [3.63, 3.8) is 0 Å². The quantitative estimate of drug-likeness (QED) is 0.206. The van der Waals surface area contributed by atoms with E-state index in [0.717, 1.165) is 33.4 Å². The van der Waals surface area contributed by atoms with Crippen molar-refractivity contribution in [1.29, 1.82) is 0 Å². The number of ether oxygens (including phenoxy) is 2. The minimum atomic E-state index is -1.81. The first-order chi connectivity index (χ1) is 18.8. The van der Waals surface area contributed by atoms with E-state index < -0.39 is 33.5 Å². The summed E-state index contributed by atoms with van der Waals surface area (Å²) in [7, 11) is -3.61. The van der Waals surface area contributed by atoms with Crippen molar-refractivity contribution in [1.82, 2.24) is 0 Å². The van der Waals surface area contributed by atoms with Crippen LogP contribution in [0.25, 0.3) is 0 Å². The maximum Gasteiger partial charge on any atom is 0.324 e. The Balaban J connectivity index is 2.46. The maximum atomic E-state index is 13.5. The second kappa shape index (κ2) is 12.6. The lowest BCUT2D eigenvalue weighted by Gasteiger charge is -2.24. The fourth-order valence-electron chi connectivity index (χ4n) is 4.91. The molecule has 0 spiro atoms. The largest absolute Gasteiger partial charge is 0.465 e. The zero-order valence-corrected chi connectivity index (χ0v) is 27.2. The van der Waals surface area contributed by atoms with Crippen LogP contribution in [-0.4, -0.2) is 46.4 Å². The van der Waals surface area contributed by atoms with Crippen LogP contribution in [0.3, 0.4) is 0 Å². The molecule has 2 aromatic carbocycles. The van der Waals surface area contributed by atoms with E-state index in [0.29, 0.717) is 12.0 Å². The second-order valence-corrected chi connectivity index (χ2v) is 21.9. The Labute approximate surface area is 241 Å². The van der Waals surface area contributed by atoms with Gasteiger partial charge in [0.15, 0.2) is 5.41 Å². The van der Waals surface area contributed by atoms with E-state index in [2.05, 4.69) is 74.3 Å². The summed E-state index contributed by atoms with van der Waals surface area (Å²) in [5.41, 5.74) is 11.3. The molecule has 7 heteroatoms. The summed E-state index contributed by atoms with van der Waals surface area (Å²) in [6.45, 7) is 16.6. The monoisotopic (exact) mass is 574 g/mol. The predicted octanol–water partition coefficient (Wildman–Crippen LogP) is 5.44. The average molecular weight is 575 g/mol. The van der Waals surface area contributed by atoms with E-state index in [9.17, 15) is 14.7 Å². The fraction of sp³-hybridized carbons (Fsp3) is 0.455. The van der Waals surface area contributed by atoms with Crippen LogP contribution in [0, 0.1) is 28.3 Å². The highest BCUT2D eigenvalue weighted by Gasteiger charge is 2.54. The molecule has 3 rings (SSSR count). The fourth-order valence-corrected chi connectivity index (χ4v) is 5.91. The first kappa shape index (κ1) is 31.4. The Morgan fingerprint density at radius 1 is 0.800 bits per heavy atom. The molecule has 0 unspecified atom stereocenters. The number of hydrogen-bond acceptors (Lipinski definition) is 5. The van der Waals surface area contributed by atoms with Gasteiger partial charge in [0.25, 0.3) is 0 Å². The van der Waals surface area contributed by atoms with E-state index in [-0.39, 0.29) is 32.7 Å². The van der Waals surface area contributed by atoms with Gasteiger partial charge in [-0.25, -0.2) is 0 Å². The molecule has 0 atom stereocenters. The van der Waals surface area contributed by atoms with Gasteiger partial charge in [-0.15, -0.1) is 11.1 Å². The van der Waals surface area contributed by atoms with Gasteiger partial charge in [0, 0.05) is 24.0 Å². The van der Waals surface area contributed by atoms with Gasteiger partial charge < -0.3 is 14.6 Å². The van der Waals surface area contributed by atoms with Crippen molar-refractivity contribution in [3.8, 4) is 22.9 Å². The molecular weight excluding hydrogens is 533 g/mol. The van der Waals surface area contributed by atoms with Gasteiger partial charge in [-0.05, 0) is 48.1 Å². The lowest BCUT2D eigenvalue weighted by atomic mass is 9.84. The highest BCUT2D eigenvalue weighted by molar-refractivity contribution is 6.84. The summed E-state index contributed by atoms with van der Waals surface area (Å²) in [4.78, 5) is 27.0. The van der Waals surface area contributed by atoms with Crippen molar-refractivity contribution in [3.05, 3.63) is 69.3 Å². The van der Waals surface area contributed by atoms with Crippen LogP contribution in [0.2, 0.25) is 39.3 Å². The summed E-state index contributed by atoms with van der Waals surface area (Å²) in [5.74, 6) is 5.72. The van der Waals surface area contributed by atoms with Crippen LogP contribution in [0.4, 0.5) is 0 Å². The van der Waals surface area contributed by atoms with Crippen LogP contribution in [0.5, 0.6) is 0 Å². The predicted molar refractivity (Wildman–Crippen MR) is 165 cm³/mol. The lowest BCUT2D eigenvalue weighted by Crippen LogP contribution is -2.43. The number of esters is 2. The molecule has 0 saturated carbocycles.